The number of pyridine rings is 1. The van der Waals surface area contributed by atoms with Crippen LogP contribution in [0.4, 0.5) is 5.69 Å². The van der Waals surface area contributed by atoms with Gasteiger partial charge in [0.25, 0.3) is 5.69 Å². The summed E-state index contributed by atoms with van der Waals surface area (Å²) in [4.78, 5) is 23.3. The van der Waals surface area contributed by atoms with Crippen molar-refractivity contribution in [2.75, 3.05) is 0 Å². The minimum Gasteiger partial charge on any atom is -0.296 e. The summed E-state index contributed by atoms with van der Waals surface area (Å²) in [6.07, 6.45) is 0.296. The molecule has 0 amide bonds. The molecule has 0 aliphatic rings. The molecule has 0 saturated heterocycles. The van der Waals surface area contributed by atoms with Crippen molar-refractivity contribution in [2.24, 2.45) is 0 Å². The van der Waals surface area contributed by atoms with Gasteiger partial charge >= 0.3 is 0 Å². The highest BCUT2D eigenvalue weighted by Gasteiger charge is 2.13. The van der Waals surface area contributed by atoms with Gasteiger partial charge in [0, 0.05) is 6.07 Å². The lowest BCUT2D eigenvalue weighted by Gasteiger charge is -1.93. The number of aromatic nitrogens is 1. The highest BCUT2D eigenvalue weighted by atomic mass is 35.5. The summed E-state index contributed by atoms with van der Waals surface area (Å²) in [5, 5.41) is 10.3. The molecule has 0 N–H and O–H groups in total. The molecular weight excluding hydrogens is 184 g/mol. The normalized spacial score (nSPS) is 9.42. The first kappa shape index (κ1) is 8.61. The number of halogens is 1. The first-order valence-electron chi connectivity index (χ1n) is 2.91. The van der Waals surface area contributed by atoms with Crippen LogP contribution in [0.25, 0.3) is 0 Å². The fourth-order valence-electron chi connectivity index (χ4n) is 0.684. The Morgan fingerprint density at radius 1 is 1.58 bits per heavy atom. The van der Waals surface area contributed by atoms with Gasteiger partial charge in [-0.15, -0.1) is 0 Å². The second-order valence-electron chi connectivity index (χ2n) is 1.91. The standard InChI is InChI=1S/C6H3ClN2O3/c7-6-2-1-5(9(11)12)4(3-10)8-6/h1-3H. The lowest BCUT2D eigenvalue weighted by molar-refractivity contribution is -0.385. The molecule has 0 fully saturated rings. The van der Waals surface area contributed by atoms with E-state index in [1.54, 1.807) is 0 Å². The molecule has 0 aromatic carbocycles. The van der Waals surface area contributed by atoms with Crippen LogP contribution in [0.15, 0.2) is 12.1 Å². The van der Waals surface area contributed by atoms with Gasteiger partial charge in [-0.3, -0.25) is 14.9 Å². The minimum absolute atomic E-state index is 0.0581. The number of carbonyl (C=O) groups excluding carboxylic acids is 1. The molecule has 0 atom stereocenters. The van der Waals surface area contributed by atoms with Crippen LogP contribution in [0, 0.1) is 10.1 Å². The van der Waals surface area contributed by atoms with Gasteiger partial charge in [-0.25, -0.2) is 4.98 Å². The van der Waals surface area contributed by atoms with Crippen LogP contribution in [0.5, 0.6) is 0 Å². The molecule has 0 spiro atoms. The van der Waals surface area contributed by atoms with E-state index in [9.17, 15) is 14.9 Å². The minimum atomic E-state index is -0.687. The first-order valence-corrected chi connectivity index (χ1v) is 3.29. The topological polar surface area (TPSA) is 73.1 Å². The average Bonchev–Trinajstić information content (AvgIpc) is 2.03. The first-order chi connectivity index (χ1) is 5.65. The summed E-state index contributed by atoms with van der Waals surface area (Å²) in [5.41, 5.74) is -0.595. The maximum absolute atomic E-state index is 10.3. The monoisotopic (exact) mass is 186 g/mol. The zero-order valence-corrected chi connectivity index (χ0v) is 6.49. The third-order valence-corrected chi connectivity index (χ3v) is 1.39. The van der Waals surface area contributed by atoms with Gasteiger partial charge < -0.3 is 0 Å². The number of nitro groups is 1. The van der Waals surface area contributed by atoms with Crippen LogP contribution in [0.3, 0.4) is 0 Å². The zero-order chi connectivity index (χ0) is 9.14. The molecule has 0 aliphatic carbocycles. The highest BCUT2D eigenvalue weighted by Crippen LogP contribution is 2.16. The molecule has 0 bridgehead atoms. The van der Waals surface area contributed by atoms with Gasteiger partial charge in [-0.05, 0) is 6.07 Å². The van der Waals surface area contributed by atoms with E-state index in [2.05, 4.69) is 4.98 Å². The molecule has 1 aromatic heterocycles. The van der Waals surface area contributed by atoms with Gasteiger partial charge in [-0.1, -0.05) is 11.6 Å². The molecule has 0 aliphatic heterocycles. The molecular formula is C6H3ClN2O3. The van der Waals surface area contributed by atoms with Gasteiger partial charge in [0.15, 0.2) is 12.0 Å². The zero-order valence-electron chi connectivity index (χ0n) is 5.73. The number of hydrogen-bond acceptors (Lipinski definition) is 4. The van der Waals surface area contributed by atoms with E-state index in [1.807, 2.05) is 0 Å². The van der Waals surface area contributed by atoms with E-state index < -0.39 is 4.92 Å². The Bertz CT molecular complexity index is 340. The van der Waals surface area contributed by atoms with Crippen LogP contribution in [0.1, 0.15) is 10.5 Å². The molecule has 0 saturated carbocycles. The van der Waals surface area contributed by atoms with E-state index in [0.717, 1.165) is 6.07 Å². The van der Waals surface area contributed by atoms with E-state index in [1.165, 1.54) is 6.07 Å². The molecule has 1 aromatic rings. The fraction of sp³-hybridized carbons (Fsp3) is 0. The predicted octanol–water partition coefficient (Wildman–Crippen LogP) is 1.46. The quantitative estimate of drug-likeness (QED) is 0.303. The predicted molar refractivity (Wildman–Crippen MR) is 41.3 cm³/mol. The largest absolute Gasteiger partial charge is 0.298 e. The summed E-state index contributed by atoms with van der Waals surface area (Å²) in [6.45, 7) is 0. The Hall–Kier alpha value is -1.49. The summed E-state index contributed by atoms with van der Waals surface area (Å²) < 4.78 is 0. The average molecular weight is 187 g/mol. The van der Waals surface area contributed by atoms with Gasteiger partial charge in [0.05, 0.1) is 4.92 Å². The molecule has 6 heteroatoms. The third-order valence-electron chi connectivity index (χ3n) is 1.18. The van der Waals surface area contributed by atoms with Crippen molar-refractivity contribution in [1.82, 2.24) is 4.98 Å². The Balaban J connectivity index is 3.29. The van der Waals surface area contributed by atoms with Crippen molar-refractivity contribution < 1.29 is 9.72 Å². The second-order valence-corrected chi connectivity index (χ2v) is 2.30. The van der Waals surface area contributed by atoms with Crippen LogP contribution >= 0.6 is 11.6 Å². The van der Waals surface area contributed by atoms with Crippen molar-refractivity contribution in [3.63, 3.8) is 0 Å². The van der Waals surface area contributed by atoms with E-state index >= 15 is 0 Å². The summed E-state index contributed by atoms with van der Waals surface area (Å²) in [7, 11) is 0. The molecule has 5 nitrogen and oxygen atoms in total. The van der Waals surface area contributed by atoms with Gasteiger partial charge in [-0.2, -0.15) is 0 Å². The Labute approximate surface area is 72.1 Å². The fourth-order valence-corrected chi connectivity index (χ4v) is 0.838. The summed E-state index contributed by atoms with van der Waals surface area (Å²) >= 11 is 5.41. The van der Waals surface area contributed by atoms with Gasteiger partial charge in [0.1, 0.15) is 5.15 Å². The van der Waals surface area contributed by atoms with Crippen LogP contribution in [0.2, 0.25) is 5.15 Å². The summed E-state index contributed by atoms with van der Waals surface area (Å²) in [6, 6.07) is 2.39. The van der Waals surface area contributed by atoms with Crippen molar-refractivity contribution in [2.45, 2.75) is 0 Å². The lowest BCUT2D eigenvalue weighted by Crippen LogP contribution is -1.96. The number of hydrogen-bond donors (Lipinski definition) is 0. The Morgan fingerprint density at radius 2 is 2.25 bits per heavy atom. The smallest absolute Gasteiger partial charge is 0.296 e. The molecule has 1 heterocycles. The maximum Gasteiger partial charge on any atom is 0.298 e. The maximum atomic E-state index is 10.3. The molecule has 12 heavy (non-hydrogen) atoms. The van der Waals surface area contributed by atoms with Crippen LogP contribution in [-0.4, -0.2) is 16.2 Å². The van der Waals surface area contributed by atoms with Gasteiger partial charge in [0.2, 0.25) is 0 Å². The van der Waals surface area contributed by atoms with E-state index in [-0.39, 0.29) is 16.5 Å². The SMILES string of the molecule is O=Cc1nc(Cl)ccc1[N+](=O)[O-]. The lowest BCUT2D eigenvalue weighted by atomic mass is 10.3. The van der Waals surface area contributed by atoms with Crippen molar-refractivity contribution in [3.05, 3.63) is 33.1 Å². The number of nitrogens with zero attached hydrogens (tertiary/aromatic N) is 2. The Morgan fingerprint density at radius 3 is 2.75 bits per heavy atom. The van der Waals surface area contributed by atoms with Crippen molar-refractivity contribution in [1.29, 1.82) is 0 Å². The molecule has 0 radical (unpaired) electrons. The molecule has 0 unspecified atom stereocenters. The summed E-state index contributed by atoms with van der Waals surface area (Å²) in [5.74, 6) is 0. The van der Waals surface area contributed by atoms with Crippen molar-refractivity contribution in [3.8, 4) is 0 Å². The highest BCUT2D eigenvalue weighted by molar-refractivity contribution is 6.29. The van der Waals surface area contributed by atoms with E-state index in [0.29, 0.717) is 6.29 Å². The number of carbonyl (C=O) groups is 1. The van der Waals surface area contributed by atoms with Crippen molar-refractivity contribution >= 4 is 23.6 Å². The Kier molecular flexibility index (Phi) is 2.35. The van der Waals surface area contributed by atoms with Crippen LogP contribution < -0.4 is 0 Å². The van der Waals surface area contributed by atoms with Crippen LogP contribution in [-0.2, 0) is 0 Å². The number of aldehydes is 1. The van der Waals surface area contributed by atoms with E-state index in [4.69, 9.17) is 11.6 Å². The molecule has 62 valence electrons. The number of rotatable bonds is 2. The third kappa shape index (κ3) is 1.57. The second kappa shape index (κ2) is 3.27. The molecule has 1 rings (SSSR count).